The van der Waals surface area contributed by atoms with E-state index in [0.29, 0.717) is 0 Å². The number of benzene rings is 1. The highest BCUT2D eigenvalue weighted by atomic mass is 16.2. The van der Waals surface area contributed by atoms with Gasteiger partial charge in [0.05, 0.1) is 23.1 Å². The fraction of sp³-hybridized carbons (Fsp3) is 0.545. The van der Waals surface area contributed by atoms with Crippen LogP contribution in [0.5, 0.6) is 0 Å². The Kier molecular flexibility index (Phi) is 5.30. The molecule has 2 fully saturated rings. The van der Waals surface area contributed by atoms with Crippen molar-refractivity contribution in [3.8, 4) is 5.69 Å². The highest BCUT2D eigenvalue weighted by molar-refractivity contribution is 5.95. The average molecular weight is 367 g/mol. The number of amides is 1. The van der Waals surface area contributed by atoms with E-state index in [4.69, 9.17) is 0 Å². The topological polar surface area (TPSA) is 41.4 Å². The van der Waals surface area contributed by atoms with Crippen LogP contribution in [0.4, 0.5) is 0 Å². The minimum Gasteiger partial charge on any atom is -0.336 e. The van der Waals surface area contributed by atoms with Gasteiger partial charge in [-0.25, -0.2) is 4.68 Å². The molecule has 144 valence electrons. The van der Waals surface area contributed by atoms with E-state index in [1.807, 2.05) is 9.58 Å². The number of hydrogen-bond donors (Lipinski definition) is 0. The maximum absolute atomic E-state index is 13.2. The summed E-state index contributed by atoms with van der Waals surface area (Å²) < 4.78 is 1.92. The molecular weight excluding hydrogens is 336 g/mol. The van der Waals surface area contributed by atoms with Gasteiger partial charge in [0.1, 0.15) is 0 Å². The summed E-state index contributed by atoms with van der Waals surface area (Å²) in [5, 5.41) is 4.54. The minimum absolute atomic E-state index is 0.135. The number of hydrogen-bond acceptors (Lipinski definition) is 3. The van der Waals surface area contributed by atoms with Crippen LogP contribution in [0.1, 0.15) is 54.2 Å². The Morgan fingerprint density at radius 3 is 2.37 bits per heavy atom. The molecule has 1 amide bonds. The summed E-state index contributed by atoms with van der Waals surface area (Å²) in [6, 6.07) is 9.05. The number of aromatic nitrogens is 2. The molecule has 0 radical (unpaired) electrons. The molecular formula is C22H30N4O. The van der Waals surface area contributed by atoms with Crippen LogP contribution in [0.25, 0.3) is 5.69 Å². The van der Waals surface area contributed by atoms with Crippen LogP contribution in [0.3, 0.4) is 0 Å². The SMILES string of the molecule is CCc1c(C(=O)N2CCN(C3CCCC3)CC2)cnn1-c1ccc(C)cc1. The lowest BCUT2D eigenvalue weighted by Crippen LogP contribution is -2.51. The number of carbonyl (C=O) groups is 1. The van der Waals surface area contributed by atoms with Gasteiger partial charge >= 0.3 is 0 Å². The van der Waals surface area contributed by atoms with Crippen LogP contribution in [-0.4, -0.2) is 57.7 Å². The Labute approximate surface area is 162 Å². The first-order valence-corrected chi connectivity index (χ1v) is 10.3. The molecule has 5 nitrogen and oxygen atoms in total. The maximum atomic E-state index is 13.2. The van der Waals surface area contributed by atoms with Crippen molar-refractivity contribution < 1.29 is 4.79 Å². The van der Waals surface area contributed by atoms with Crippen molar-refractivity contribution in [3.05, 3.63) is 47.3 Å². The normalized spacial score (nSPS) is 19.0. The van der Waals surface area contributed by atoms with Gasteiger partial charge in [0.25, 0.3) is 5.91 Å². The molecule has 0 unspecified atom stereocenters. The van der Waals surface area contributed by atoms with E-state index in [1.165, 1.54) is 31.2 Å². The van der Waals surface area contributed by atoms with Crippen molar-refractivity contribution in [2.75, 3.05) is 26.2 Å². The summed E-state index contributed by atoms with van der Waals surface area (Å²) in [7, 11) is 0. The molecule has 1 aromatic carbocycles. The van der Waals surface area contributed by atoms with Gasteiger partial charge in [-0.3, -0.25) is 9.69 Å². The highest BCUT2D eigenvalue weighted by Gasteiger charge is 2.29. The number of aryl methyl sites for hydroxylation is 1. The molecule has 1 saturated heterocycles. The van der Waals surface area contributed by atoms with Crippen LogP contribution in [0.15, 0.2) is 30.5 Å². The Morgan fingerprint density at radius 2 is 1.74 bits per heavy atom. The molecule has 0 spiro atoms. The number of rotatable bonds is 4. The van der Waals surface area contributed by atoms with Crippen LogP contribution < -0.4 is 0 Å². The second-order valence-corrected chi connectivity index (χ2v) is 7.87. The second-order valence-electron chi connectivity index (χ2n) is 7.87. The van der Waals surface area contributed by atoms with Crippen LogP contribution >= 0.6 is 0 Å². The largest absolute Gasteiger partial charge is 0.336 e. The van der Waals surface area contributed by atoms with E-state index in [0.717, 1.165) is 55.6 Å². The molecule has 27 heavy (non-hydrogen) atoms. The fourth-order valence-corrected chi connectivity index (χ4v) is 4.53. The number of carbonyl (C=O) groups excluding carboxylic acids is 1. The van der Waals surface area contributed by atoms with E-state index in [-0.39, 0.29) is 5.91 Å². The molecule has 2 aliphatic rings. The standard InChI is InChI=1S/C22H30N4O/c1-3-21-20(16-23-26(21)19-10-8-17(2)9-11-19)22(27)25-14-12-24(13-15-25)18-6-4-5-7-18/h8-11,16,18H,3-7,12-15H2,1-2H3. The molecule has 4 rings (SSSR count). The zero-order chi connectivity index (χ0) is 18.8. The minimum atomic E-state index is 0.135. The lowest BCUT2D eigenvalue weighted by molar-refractivity contribution is 0.0572. The van der Waals surface area contributed by atoms with Crippen molar-refractivity contribution in [1.82, 2.24) is 19.6 Å². The van der Waals surface area contributed by atoms with Crippen molar-refractivity contribution in [2.45, 2.75) is 52.0 Å². The molecule has 1 aliphatic carbocycles. The molecule has 2 aromatic rings. The van der Waals surface area contributed by atoms with Gasteiger partial charge in [0.2, 0.25) is 0 Å². The van der Waals surface area contributed by atoms with Crippen LogP contribution in [0.2, 0.25) is 0 Å². The summed E-state index contributed by atoms with van der Waals surface area (Å²) in [5.41, 5.74) is 4.00. The Morgan fingerprint density at radius 1 is 1.07 bits per heavy atom. The lowest BCUT2D eigenvalue weighted by atomic mass is 10.1. The van der Waals surface area contributed by atoms with Gasteiger partial charge < -0.3 is 4.90 Å². The first-order valence-electron chi connectivity index (χ1n) is 10.3. The number of nitrogens with zero attached hydrogens (tertiary/aromatic N) is 4. The van der Waals surface area contributed by atoms with Crippen molar-refractivity contribution >= 4 is 5.91 Å². The first-order chi connectivity index (χ1) is 13.2. The predicted octanol–water partition coefficient (Wildman–Crippen LogP) is 3.44. The average Bonchev–Trinajstić information content (AvgIpc) is 3.38. The Hall–Kier alpha value is -2.14. The van der Waals surface area contributed by atoms with E-state index in [9.17, 15) is 4.79 Å². The van der Waals surface area contributed by atoms with Gasteiger partial charge in [-0.1, -0.05) is 37.5 Å². The maximum Gasteiger partial charge on any atom is 0.257 e. The van der Waals surface area contributed by atoms with Crippen LogP contribution in [-0.2, 0) is 6.42 Å². The number of piperazine rings is 1. The summed E-state index contributed by atoms with van der Waals surface area (Å²) in [5.74, 6) is 0.135. The third-order valence-electron chi connectivity index (χ3n) is 6.16. The van der Waals surface area contributed by atoms with Gasteiger partial charge in [0, 0.05) is 32.2 Å². The summed E-state index contributed by atoms with van der Waals surface area (Å²) in [6.45, 7) is 7.83. The zero-order valence-electron chi connectivity index (χ0n) is 16.5. The Balaban J connectivity index is 1.48. The smallest absolute Gasteiger partial charge is 0.257 e. The van der Waals surface area contributed by atoms with Crippen LogP contribution in [0, 0.1) is 6.92 Å². The third kappa shape index (κ3) is 3.65. The summed E-state index contributed by atoms with van der Waals surface area (Å²) in [4.78, 5) is 17.8. The quantitative estimate of drug-likeness (QED) is 0.832. The van der Waals surface area contributed by atoms with Gasteiger partial charge in [0.15, 0.2) is 0 Å². The predicted molar refractivity (Wildman–Crippen MR) is 107 cm³/mol. The molecule has 5 heteroatoms. The zero-order valence-corrected chi connectivity index (χ0v) is 16.5. The van der Waals surface area contributed by atoms with Gasteiger partial charge in [-0.05, 0) is 38.3 Å². The van der Waals surface area contributed by atoms with Gasteiger partial charge in [-0.15, -0.1) is 0 Å². The van der Waals surface area contributed by atoms with Gasteiger partial charge in [-0.2, -0.15) is 5.10 Å². The summed E-state index contributed by atoms with van der Waals surface area (Å²) >= 11 is 0. The van der Waals surface area contributed by atoms with Crippen molar-refractivity contribution in [3.63, 3.8) is 0 Å². The molecule has 2 heterocycles. The molecule has 1 saturated carbocycles. The molecule has 0 atom stereocenters. The Bertz CT molecular complexity index is 781. The fourth-order valence-electron chi connectivity index (χ4n) is 4.53. The van der Waals surface area contributed by atoms with Crippen molar-refractivity contribution in [2.24, 2.45) is 0 Å². The van der Waals surface area contributed by atoms with E-state index >= 15 is 0 Å². The molecule has 0 bridgehead atoms. The second kappa shape index (κ2) is 7.85. The first kappa shape index (κ1) is 18.2. The molecule has 1 aliphatic heterocycles. The monoisotopic (exact) mass is 366 g/mol. The molecule has 0 N–H and O–H groups in total. The van der Waals surface area contributed by atoms with E-state index in [2.05, 4.69) is 48.1 Å². The van der Waals surface area contributed by atoms with E-state index < -0.39 is 0 Å². The lowest BCUT2D eigenvalue weighted by Gasteiger charge is -2.38. The summed E-state index contributed by atoms with van der Waals surface area (Å²) in [6.07, 6.45) is 7.93. The highest BCUT2D eigenvalue weighted by Crippen LogP contribution is 2.25. The van der Waals surface area contributed by atoms with Crippen molar-refractivity contribution in [1.29, 1.82) is 0 Å². The molecule has 1 aromatic heterocycles. The van der Waals surface area contributed by atoms with E-state index in [1.54, 1.807) is 6.20 Å². The third-order valence-corrected chi connectivity index (χ3v) is 6.16.